The Morgan fingerprint density at radius 1 is 1.24 bits per heavy atom. The topological polar surface area (TPSA) is 24.9 Å². The second-order valence-electron chi connectivity index (χ2n) is 6.17. The van der Waals surface area contributed by atoms with Crippen LogP contribution in [-0.2, 0) is 11.8 Å². The zero-order valence-electron chi connectivity index (χ0n) is 13.3. The van der Waals surface area contributed by atoms with Gasteiger partial charge in [0.25, 0.3) is 0 Å². The van der Waals surface area contributed by atoms with Crippen molar-refractivity contribution < 1.29 is 0 Å². The molecule has 1 unspecified atom stereocenters. The van der Waals surface area contributed by atoms with E-state index in [9.17, 15) is 0 Å². The number of rotatable bonds is 8. The molecule has 2 aromatic rings. The molecule has 0 amide bonds. The molecule has 114 valence electrons. The summed E-state index contributed by atoms with van der Waals surface area (Å²) in [6.07, 6.45) is 4.20. The Kier molecular flexibility index (Phi) is 5.95. The van der Waals surface area contributed by atoms with E-state index < -0.39 is 0 Å². The second kappa shape index (κ2) is 7.71. The quantitative estimate of drug-likeness (QED) is 0.787. The molecule has 0 fully saturated rings. The van der Waals surface area contributed by atoms with E-state index in [4.69, 9.17) is 0 Å². The highest BCUT2D eigenvalue weighted by Gasteiger charge is 2.30. The molecular weight excluding hydrogens is 276 g/mol. The molecule has 2 rings (SSSR count). The predicted molar refractivity (Wildman–Crippen MR) is 91.9 cm³/mol. The smallest absolute Gasteiger partial charge is 0.0794 e. The van der Waals surface area contributed by atoms with Gasteiger partial charge in [0, 0.05) is 23.0 Å². The summed E-state index contributed by atoms with van der Waals surface area (Å²) in [6.45, 7) is 8.89. The van der Waals surface area contributed by atoms with Gasteiger partial charge >= 0.3 is 0 Å². The van der Waals surface area contributed by atoms with Crippen LogP contribution in [0.25, 0.3) is 0 Å². The first-order chi connectivity index (χ1) is 10.2. The fourth-order valence-corrected chi connectivity index (χ4v) is 3.51. The fraction of sp³-hybridized carbons (Fsp3) is 0.500. The van der Waals surface area contributed by atoms with Gasteiger partial charge < -0.3 is 5.32 Å². The summed E-state index contributed by atoms with van der Waals surface area (Å²) < 4.78 is 0. The van der Waals surface area contributed by atoms with Gasteiger partial charge in [-0.3, -0.25) is 4.98 Å². The molecule has 0 bridgehead atoms. The Hall–Kier alpha value is -1.19. The molecule has 1 N–H and O–H groups in total. The number of aromatic nitrogens is 1. The molecule has 1 atom stereocenters. The summed E-state index contributed by atoms with van der Waals surface area (Å²) >= 11 is 1.76. The molecule has 0 aliphatic rings. The number of thiazole rings is 1. The molecule has 3 heteroatoms. The second-order valence-corrected chi connectivity index (χ2v) is 7.14. The van der Waals surface area contributed by atoms with Gasteiger partial charge in [0.15, 0.2) is 0 Å². The molecule has 2 nitrogen and oxygen atoms in total. The molecule has 21 heavy (non-hydrogen) atoms. The van der Waals surface area contributed by atoms with Crippen molar-refractivity contribution in [2.45, 2.75) is 39.0 Å². The Labute approximate surface area is 132 Å². The number of hydrogen-bond donors (Lipinski definition) is 1. The third-order valence-corrected chi connectivity index (χ3v) is 4.85. The minimum atomic E-state index is 0.155. The van der Waals surface area contributed by atoms with Gasteiger partial charge in [-0.25, -0.2) is 0 Å². The van der Waals surface area contributed by atoms with Gasteiger partial charge in [-0.05, 0) is 30.9 Å². The third-order valence-electron chi connectivity index (χ3n) is 4.07. The van der Waals surface area contributed by atoms with E-state index in [-0.39, 0.29) is 5.41 Å². The van der Waals surface area contributed by atoms with E-state index in [0.29, 0.717) is 5.92 Å². The monoisotopic (exact) mass is 302 g/mol. The highest BCUT2D eigenvalue weighted by Crippen LogP contribution is 2.32. The van der Waals surface area contributed by atoms with Crippen LogP contribution < -0.4 is 5.32 Å². The maximum Gasteiger partial charge on any atom is 0.0794 e. The minimum absolute atomic E-state index is 0.155. The summed E-state index contributed by atoms with van der Waals surface area (Å²) in [5.41, 5.74) is 3.52. The average molecular weight is 302 g/mol. The number of nitrogens with one attached hydrogen (secondary N) is 1. The van der Waals surface area contributed by atoms with Crippen LogP contribution in [0.4, 0.5) is 0 Å². The molecule has 0 saturated heterocycles. The summed E-state index contributed by atoms with van der Waals surface area (Å²) in [5, 5.41) is 3.67. The van der Waals surface area contributed by atoms with Crippen LogP contribution in [0.3, 0.4) is 0 Å². The molecule has 0 radical (unpaired) electrons. The molecule has 0 aliphatic carbocycles. The Balaban J connectivity index is 2.22. The van der Waals surface area contributed by atoms with Crippen molar-refractivity contribution in [2.75, 3.05) is 13.1 Å². The predicted octanol–water partition coefficient (Wildman–Crippen LogP) is 4.28. The molecule has 0 spiro atoms. The summed E-state index contributed by atoms with van der Waals surface area (Å²) in [7, 11) is 0. The Morgan fingerprint density at radius 3 is 2.57 bits per heavy atom. The van der Waals surface area contributed by atoms with Gasteiger partial charge in [0.1, 0.15) is 0 Å². The lowest BCUT2D eigenvalue weighted by Gasteiger charge is -2.34. The first-order valence-electron chi connectivity index (χ1n) is 7.80. The molecule has 0 aliphatic heterocycles. The number of nitrogens with zero attached hydrogens (tertiary/aromatic N) is 1. The van der Waals surface area contributed by atoms with Crippen LogP contribution in [0.1, 0.15) is 37.6 Å². The largest absolute Gasteiger partial charge is 0.316 e. The normalized spacial score (nSPS) is 14.3. The van der Waals surface area contributed by atoms with Crippen LogP contribution in [0.15, 0.2) is 42.0 Å². The van der Waals surface area contributed by atoms with E-state index in [1.165, 1.54) is 10.4 Å². The number of hydrogen-bond acceptors (Lipinski definition) is 3. The van der Waals surface area contributed by atoms with Crippen molar-refractivity contribution >= 4 is 11.3 Å². The Morgan fingerprint density at radius 2 is 2.00 bits per heavy atom. The van der Waals surface area contributed by atoms with E-state index in [1.54, 1.807) is 11.3 Å². The first-order valence-corrected chi connectivity index (χ1v) is 8.68. The minimum Gasteiger partial charge on any atom is -0.316 e. The Bertz CT molecular complexity index is 507. The van der Waals surface area contributed by atoms with E-state index in [0.717, 1.165) is 25.9 Å². The van der Waals surface area contributed by atoms with E-state index in [1.807, 2.05) is 11.7 Å². The van der Waals surface area contributed by atoms with Crippen molar-refractivity contribution in [3.8, 4) is 0 Å². The van der Waals surface area contributed by atoms with Crippen molar-refractivity contribution in [1.82, 2.24) is 10.3 Å². The van der Waals surface area contributed by atoms with Gasteiger partial charge in [0.05, 0.1) is 5.51 Å². The average Bonchev–Trinajstić information content (AvgIpc) is 2.99. The van der Waals surface area contributed by atoms with Crippen molar-refractivity contribution in [3.05, 3.63) is 52.5 Å². The number of benzene rings is 1. The lowest BCUT2D eigenvalue weighted by Crippen LogP contribution is -2.40. The van der Waals surface area contributed by atoms with Crippen molar-refractivity contribution in [2.24, 2.45) is 5.92 Å². The van der Waals surface area contributed by atoms with E-state index in [2.05, 4.69) is 61.4 Å². The maximum atomic E-state index is 4.24. The van der Waals surface area contributed by atoms with Crippen LogP contribution in [0.2, 0.25) is 0 Å². The van der Waals surface area contributed by atoms with Crippen LogP contribution in [-0.4, -0.2) is 18.1 Å². The standard InChI is InChI=1S/C18H26N2S/c1-4-18(13-19-11-15(2)3,10-17-12-20-14-21-17)16-8-6-5-7-9-16/h5-9,12,14-15,19H,4,10-11,13H2,1-3H3. The first kappa shape index (κ1) is 16.2. The summed E-state index contributed by atoms with van der Waals surface area (Å²) in [5.74, 6) is 0.679. The van der Waals surface area contributed by atoms with Crippen LogP contribution >= 0.6 is 11.3 Å². The highest BCUT2D eigenvalue weighted by molar-refractivity contribution is 7.09. The zero-order chi connectivity index (χ0) is 15.1. The highest BCUT2D eigenvalue weighted by atomic mass is 32.1. The molecule has 1 aromatic carbocycles. The molecular formula is C18H26N2S. The maximum absolute atomic E-state index is 4.24. The summed E-state index contributed by atoms with van der Waals surface area (Å²) in [4.78, 5) is 5.61. The molecule has 1 aromatic heterocycles. The van der Waals surface area contributed by atoms with Gasteiger partial charge in [0.2, 0.25) is 0 Å². The zero-order valence-corrected chi connectivity index (χ0v) is 14.1. The molecule has 1 heterocycles. The SMILES string of the molecule is CCC(CNCC(C)C)(Cc1cncs1)c1ccccc1. The van der Waals surface area contributed by atoms with Crippen LogP contribution in [0.5, 0.6) is 0 Å². The van der Waals surface area contributed by atoms with Crippen LogP contribution in [0, 0.1) is 5.92 Å². The lowest BCUT2D eigenvalue weighted by molar-refractivity contribution is 0.369. The van der Waals surface area contributed by atoms with Gasteiger partial charge in [-0.1, -0.05) is 51.1 Å². The van der Waals surface area contributed by atoms with E-state index >= 15 is 0 Å². The van der Waals surface area contributed by atoms with Gasteiger partial charge in [-0.2, -0.15) is 0 Å². The van der Waals surface area contributed by atoms with Crippen molar-refractivity contribution in [3.63, 3.8) is 0 Å². The lowest BCUT2D eigenvalue weighted by atomic mass is 9.75. The summed E-state index contributed by atoms with van der Waals surface area (Å²) in [6, 6.07) is 10.9. The van der Waals surface area contributed by atoms with Gasteiger partial charge in [-0.15, -0.1) is 11.3 Å². The van der Waals surface area contributed by atoms with Crippen molar-refractivity contribution in [1.29, 1.82) is 0 Å². The third kappa shape index (κ3) is 4.39. The fourth-order valence-electron chi connectivity index (χ4n) is 2.78. The molecule has 0 saturated carbocycles.